The number of nitrogens with zero attached hydrogens (tertiary/aromatic N) is 2. The Kier molecular flexibility index (Phi) is 6.26. The van der Waals surface area contributed by atoms with Crippen molar-refractivity contribution in [3.8, 4) is 0 Å². The molecule has 0 aliphatic rings. The van der Waals surface area contributed by atoms with E-state index in [0.717, 1.165) is 0 Å². The number of hydrogen-bond acceptors (Lipinski definition) is 3. The van der Waals surface area contributed by atoms with Crippen LogP contribution >= 0.6 is 11.8 Å². The average Bonchev–Trinajstić information content (AvgIpc) is 2.61. The van der Waals surface area contributed by atoms with Crippen molar-refractivity contribution < 1.29 is 9.59 Å². The Bertz CT molecular complexity index is 711. The summed E-state index contributed by atoms with van der Waals surface area (Å²) < 4.78 is 0. The van der Waals surface area contributed by atoms with Gasteiger partial charge >= 0.3 is 0 Å². The summed E-state index contributed by atoms with van der Waals surface area (Å²) in [7, 11) is 0. The van der Waals surface area contributed by atoms with E-state index in [1.807, 2.05) is 63.4 Å². The Morgan fingerprint density at radius 3 is 1.68 bits per heavy atom. The molecule has 0 aliphatic carbocycles. The molecule has 25 heavy (non-hydrogen) atoms. The fourth-order valence-electron chi connectivity index (χ4n) is 2.54. The molecule has 0 fully saturated rings. The van der Waals surface area contributed by atoms with Gasteiger partial charge in [-0.25, -0.2) is 10.0 Å². The maximum absolute atomic E-state index is 13.2. The van der Waals surface area contributed by atoms with Crippen molar-refractivity contribution in [3.05, 3.63) is 71.8 Å². The van der Waals surface area contributed by atoms with Gasteiger partial charge in [-0.1, -0.05) is 36.4 Å². The van der Waals surface area contributed by atoms with Crippen molar-refractivity contribution in [3.63, 3.8) is 0 Å². The number of benzene rings is 2. The Labute approximate surface area is 153 Å². The molecule has 0 aliphatic heterocycles. The predicted octanol–water partition coefficient (Wildman–Crippen LogP) is 4.31. The molecule has 0 aromatic heterocycles. The molecule has 4 nitrogen and oxygen atoms in total. The minimum atomic E-state index is -0.549. The number of hydrazine groups is 1. The number of carbonyl (C=O) groups is 2. The quantitative estimate of drug-likeness (QED) is 0.605. The van der Waals surface area contributed by atoms with Gasteiger partial charge in [0.05, 0.1) is 11.4 Å². The molecule has 2 aromatic rings. The van der Waals surface area contributed by atoms with E-state index in [4.69, 9.17) is 0 Å². The van der Waals surface area contributed by atoms with Crippen LogP contribution in [0.3, 0.4) is 0 Å². The summed E-state index contributed by atoms with van der Waals surface area (Å²) in [5, 5.41) is 3.10. The molecular weight excluding hydrogens is 332 g/mol. The standard InChI is InChI=1S/C20H24N2O2S/c1-20(2,3)22(19(24)17-13-9-6-10-14-17)21(15-25-4)18(23)16-11-7-5-8-12-16/h5-14H,15H2,1-4H3. The molecule has 0 atom stereocenters. The summed E-state index contributed by atoms with van der Waals surface area (Å²) in [6, 6.07) is 18.1. The monoisotopic (exact) mass is 356 g/mol. The second kappa shape index (κ2) is 8.21. The van der Waals surface area contributed by atoms with Crippen LogP contribution in [0.2, 0.25) is 0 Å². The largest absolute Gasteiger partial charge is 0.273 e. The zero-order valence-corrected chi connectivity index (χ0v) is 15.9. The molecule has 0 saturated carbocycles. The number of rotatable bonds is 4. The van der Waals surface area contributed by atoms with Crippen molar-refractivity contribution in [1.29, 1.82) is 0 Å². The maximum atomic E-state index is 13.2. The predicted molar refractivity (Wildman–Crippen MR) is 103 cm³/mol. The van der Waals surface area contributed by atoms with Crippen LogP contribution in [0.15, 0.2) is 60.7 Å². The topological polar surface area (TPSA) is 40.6 Å². The average molecular weight is 356 g/mol. The lowest BCUT2D eigenvalue weighted by molar-refractivity contribution is -0.0339. The van der Waals surface area contributed by atoms with E-state index in [1.165, 1.54) is 16.8 Å². The van der Waals surface area contributed by atoms with Crippen molar-refractivity contribution in [2.45, 2.75) is 26.3 Å². The molecule has 0 saturated heterocycles. The fourth-order valence-corrected chi connectivity index (χ4v) is 3.02. The van der Waals surface area contributed by atoms with Gasteiger partial charge in [-0.05, 0) is 51.3 Å². The molecule has 0 unspecified atom stereocenters. The van der Waals surface area contributed by atoms with Crippen LogP contribution in [0, 0.1) is 0 Å². The van der Waals surface area contributed by atoms with Crippen molar-refractivity contribution in [1.82, 2.24) is 10.0 Å². The fraction of sp³-hybridized carbons (Fsp3) is 0.300. The molecule has 2 aromatic carbocycles. The van der Waals surface area contributed by atoms with Crippen LogP contribution in [-0.2, 0) is 0 Å². The summed E-state index contributed by atoms with van der Waals surface area (Å²) in [5.41, 5.74) is 0.573. The molecule has 2 amide bonds. The van der Waals surface area contributed by atoms with Gasteiger partial charge in [-0.3, -0.25) is 9.59 Å². The van der Waals surface area contributed by atoms with Crippen molar-refractivity contribution in [2.75, 3.05) is 12.1 Å². The van der Waals surface area contributed by atoms with Gasteiger partial charge < -0.3 is 0 Å². The molecule has 132 valence electrons. The lowest BCUT2D eigenvalue weighted by Gasteiger charge is -2.43. The highest BCUT2D eigenvalue weighted by Crippen LogP contribution is 2.23. The highest BCUT2D eigenvalue weighted by Gasteiger charge is 2.35. The van der Waals surface area contributed by atoms with E-state index < -0.39 is 5.54 Å². The van der Waals surface area contributed by atoms with Gasteiger partial charge in [0, 0.05) is 11.1 Å². The lowest BCUT2D eigenvalue weighted by Crippen LogP contribution is -2.58. The highest BCUT2D eigenvalue weighted by atomic mass is 32.2. The molecule has 0 bridgehead atoms. The summed E-state index contributed by atoms with van der Waals surface area (Å²) >= 11 is 1.50. The van der Waals surface area contributed by atoms with Crippen LogP contribution in [0.4, 0.5) is 0 Å². The summed E-state index contributed by atoms with van der Waals surface area (Å²) in [5.74, 6) is 0.0180. The zero-order chi connectivity index (χ0) is 18.4. The molecule has 0 spiro atoms. The van der Waals surface area contributed by atoms with Crippen LogP contribution in [0.25, 0.3) is 0 Å². The molecule has 2 rings (SSSR count). The van der Waals surface area contributed by atoms with Crippen LogP contribution < -0.4 is 0 Å². The minimum absolute atomic E-state index is 0.186. The first-order valence-corrected chi connectivity index (χ1v) is 9.51. The van der Waals surface area contributed by atoms with Gasteiger partial charge in [0.2, 0.25) is 0 Å². The third-order valence-corrected chi connectivity index (χ3v) is 4.10. The van der Waals surface area contributed by atoms with E-state index in [-0.39, 0.29) is 11.8 Å². The minimum Gasteiger partial charge on any atom is -0.267 e. The number of amides is 2. The van der Waals surface area contributed by atoms with Gasteiger partial charge in [0.25, 0.3) is 11.8 Å². The summed E-state index contributed by atoms with van der Waals surface area (Å²) in [6.45, 7) is 5.79. The van der Waals surface area contributed by atoms with Crippen molar-refractivity contribution in [2.24, 2.45) is 0 Å². The maximum Gasteiger partial charge on any atom is 0.273 e. The summed E-state index contributed by atoms with van der Waals surface area (Å²) in [4.78, 5) is 26.2. The van der Waals surface area contributed by atoms with Gasteiger partial charge in [0.15, 0.2) is 0 Å². The third-order valence-electron chi connectivity index (χ3n) is 3.60. The number of carbonyl (C=O) groups excluding carboxylic acids is 2. The Hall–Kier alpha value is -2.27. The van der Waals surface area contributed by atoms with Crippen LogP contribution in [0.5, 0.6) is 0 Å². The molecular formula is C20H24N2O2S. The van der Waals surface area contributed by atoms with E-state index >= 15 is 0 Å². The highest BCUT2D eigenvalue weighted by molar-refractivity contribution is 7.98. The van der Waals surface area contributed by atoms with E-state index in [2.05, 4.69) is 0 Å². The number of thioether (sulfide) groups is 1. The Balaban J connectivity index is 2.45. The Morgan fingerprint density at radius 2 is 1.28 bits per heavy atom. The van der Waals surface area contributed by atoms with Crippen LogP contribution in [0.1, 0.15) is 41.5 Å². The van der Waals surface area contributed by atoms with E-state index in [1.54, 1.807) is 29.3 Å². The first kappa shape index (κ1) is 19.1. The normalized spacial score (nSPS) is 11.0. The molecule has 0 radical (unpaired) electrons. The number of hydrogen-bond donors (Lipinski definition) is 0. The zero-order valence-electron chi connectivity index (χ0n) is 15.1. The van der Waals surface area contributed by atoms with Gasteiger partial charge in [0.1, 0.15) is 0 Å². The third kappa shape index (κ3) is 4.63. The summed E-state index contributed by atoms with van der Waals surface area (Å²) in [6.07, 6.45) is 1.92. The molecule has 0 heterocycles. The van der Waals surface area contributed by atoms with E-state index in [9.17, 15) is 9.59 Å². The van der Waals surface area contributed by atoms with Gasteiger partial charge in [-0.2, -0.15) is 0 Å². The first-order valence-electron chi connectivity index (χ1n) is 8.11. The first-order chi connectivity index (χ1) is 11.9. The van der Waals surface area contributed by atoms with Crippen LogP contribution in [-0.4, -0.2) is 39.5 Å². The second-order valence-electron chi connectivity index (χ2n) is 6.64. The molecule has 5 heteroatoms. The SMILES string of the molecule is CSCN(C(=O)c1ccccc1)N(C(=O)c1ccccc1)C(C)(C)C. The smallest absolute Gasteiger partial charge is 0.267 e. The second-order valence-corrected chi connectivity index (χ2v) is 7.48. The van der Waals surface area contributed by atoms with E-state index in [0.29, 0.717) is 17.0 Å². The Morgan fingerprint density at radius 1 is 0.840 bits per heavy atom. The van der Waals surface area contributed by atoms with Crippen molar-refractivity contribution >= 4 is 23.6 Å². The van der Waals surface area contributed by atoms with Gasteiger partial charge in [-0.15, -0.1) is 11.8 Å². The lowest BCUT2D eigenvalue weighted by atomic mass is 10.1. The molecule has 0 N–H and O–H groups in total.